The smallest absolute Gasteiger partial charge is 0.220 e. The van der Waals surface area contributed by atoms with Gasteiger partial charge in [-0.15, -0.1) is 0 Å². The zero-order valence-corrected chi connectivity index (χ0v) is 67.4. The number of ether oxygens (including phenoxy) is 6. The fourth-order valence-corrected chi connectivity index (χ4v) is 13.3. The Hall–Kier alpha value is -4.59. The van der Waals surface area contributed by atoms with Crippen LogP contribution in [0.25, 0.3) is 0 Å². The third-order valence-electron chi connectivity index (χ3n) is 20.0. The molecule has 0 aliphatic carbocycles. The minimum absolute atomic E-state index is 0.165. The molecule has 12 N–H and O–H groups in total. The molecule has 0 radical (unpaired) electrons. The molecule has 19 heteroatoms. The molecule has 3 rings (SSSR count). The van der Waals surface area contributed by atoms with Crippen molar-refractivity contribution >= 4 is 5.91 Å². The number of aliphatic hydroxyl groups is 11. The van der Waals surface area contributed by atoms with E-state index in [1.165, 1.54) is 141 Å². The number of carbonyl (C=O) groups excluding carboxylic acids is 1. The van der Waals surface area contributed by atoms with Gasteiger partial charge in [-0.25, -0.2) is 0 Å². The Balaban J connectivity index is 1.40. The van der Waals surface area contributed by atoms with Crippen LogP contribution < -0.4 is 5.32 Å². The predicted molar refractivity (Wildman–Crippen MR) is 442 cm³/mol. The van der Waals surface area contributed by atoms with Crippen LogP contribution in [0.5, 0.6) is 0 Å². The molecule has 3 fully saturated rings. The van der Waals surface area contributed by atoms with Gasteiger partial charge in [0.1, 0.15) is 73.2 Å². The standard InChI is InChI=1S/C91H151NO18/c1-3-5-7-9-11-13-15-17-19-21-23-25-27-29-31-33-35-37-39-41-43-45-47-49-51-53-55-57-59-61-63-65-67-69-79(97)92-74(75(96)68-66-64-62-60-58-56-54-52-50-48-46-44-42-40-38-36-34-32-30-28-26-24-22-20-18-16-14-12-10-8-6-4-2)73-105-89-85(103)82(100)87(77(71-94)107-89)110-91-86(104)83(101)88(78(72-95)108-91)109-90-84(102)81(99)80(98)76(70-93)106-90/h5,7,11,13,17,19,23,25,29,31,35,37,41,43,47,49-50,52-53,55,58-61,66,68,74-78,80-91,93-96,98-104H,3-4,6,8-10,12,14-16,18,20-22,24,26-28,30,32-34,36,38-40,42,44-46,48,51,54,56-57,62-65,67,69-73H2,1-2H3,(H,92,97)/b7-5-,13-11-,19-17-,25-23-,31-29-,37-35-,43-41-,49-47-,52-50+,55-53-,60-58+,61-59-,68-66+. The molecule has 3 aliphatic rings. The molecule has 0 aromatic heterocycles. The molecule has 1 amide bonds. The summed E-state index contributed by atoms with van der Waals surface area (Å²) in [6, 6.07) is -1.04. The first kappa shape index (κ1) is 99.6. The van der Waals surface area contributed by atoms with Gasteiger partial charge in [0.05, 0.1) is 38.6 Å². The fraction of sp³-hybridized carbons (Fsp3) is 0.703. The Morgan fingerprint density at radius 3 is 1.02 bits per heavy atom. The van der Waals surface area contributed by atoms with E-state index in [2.05, 4.69) is 165 Å². The fourth-order valence-electron chi connectivity index (χ4n) is 13.3. The van der Waals surface area contributed by atoms with Gasteiger partial charge in [-0.05, 0) is 122 Å². The summed E-state index contributed by atoms with van der Waals surface area (Å²) in [5.74, 6) is -0.337. The molecule has 0 spiro atoms. The molecule has 3 aliphatic heterocycles. The van der Waals surface area contributed by atoms with Gasteiger partial charge < -0.3 is 89.9 Å². The number of aliphatic hydroxyl groups excluding tert-OH is 11. The molecule has 17 unspecified atom stereocenters. The van der Waals surface area contributed by atoms with Crippen molar-refractivity contribution in [3.8, 4) is 0 Å². The molecule has 19 nitrogen and oxygen atoms in total. The lowest BCUT2D eigenvalue weighted by molar-refractivity contribution is -0.379. The largest absolute Gasteiger partial charge is 0.394 e. The Morgan fingerprint density at radius 2 is 0.636 bits per heavy atom. The Labute approximate surface area is 663 Å². The molecule has 110 heavy (non-hydrogen) atoms. The topological polar surface area (TPSA) is 307 Å². The molecule has 628 valence electrons. The summed E-state index contributed by atoms with van der Waals surface area (Å²) in [6.45, 7) is 1.57. The second-order valence-corrected chi connectivity index (χ2v) is 29.5. The molecular weight excluding hydrogens is 1390 g/mol. The molecule has 0 bridgehead atoms. The second kappa shape index (κ2) is 68.8. The number of hydrogen-bond donors (Lipinski definition) is 12. The lowest BCUT2D eigenvalue weighted by Gasteiger charge is -2.48. The predicted octanol–water partition coefficient (Wildman–Crippen LogP) is 15.6. The van der Waals surface area contributed by atoms with Crippen molar-refractivity contribution in [3.63, 3.8) is 0 Å². The van der Waals surface area contributed by atoms with Crippen LogP contribution in [0.3, 0.4) is 0 Å². The Kier molecular flexibility index (Phi) is 62.3. The summed E-state index contributed by atoms with van der Waals surface area (Å²) in [4.78, 5) is 13.5. The number of allylic oxidation sites excluding steroid dienone is 25. The number of hydrogen-bond acceptors (Lipinski definition) is 18. The van der Waals surface area contributed by atoms with Gasteiger partial charge in [-0.3, -0.25) is 4.79 Å². The van der Waals surface area contributed by atoms with Crippen LogP contribution in [0, 0.1) is 0 Å². The first-order valence-electron chi connectivity index (χ1n) is 42.7. The van der Waals surface area contributed by atoms with Crippen molar-refractivity contribution in [2.45, 2.75) is 381 Å². The van der Waals surface area contributed by atoms with Crippen LogP contribution in [0.4, 0.5) is 0 Å². The zero-order chi connectivity index (χ0) is 79.5. The number of rotatable bonds is 66. The van der Waals surface area contributed by atoms with Crippen LogP contribution >= 0.6 is 0 Å². The highest BCUT2D eigenvalue weighted by Crippen LogP contribution is 2.33. The van der Waals surface area contributed by atoms with Crippen molar-refractivity contribution in [3.05, 3.63) is 158 Å². The first-order chi connectivity index (χ1) is 53.8. The summed E-state index contributed by atoms with van der Waals surface area (Å²) < 4.78 is 34.4. The number of nitrogens with one attached hydrogen (secondary N) is 1. The minimum atomic E-state index is -2.00. The monoisotopic (exact) mass is 1550 g/mol. The van der Waals surface area contributed by atoms with E-state index < -0.39 is 131 Å². The van der Waals surface area contributed by atoms with Gasteiger partial charge in [0.15, 0.2) is 18.9 Å². The highest BCUT2D eigenvalue weighted by Gasteiger charge is 2.54. The van der Waals surface area contributed by atoms with Gasteiger partial charge in [-0.1, -0.05) is 307 Å². The third kappa shape index (κ3) is 47.3. The molecule has 3 heterocycles. The van der Waals surface area contributed by atoms with E-state index in [1.807, 2.05) is 6.08 Å². The molecule has 0 aromatic carbocycles. The summed E-state index contributed by atoms with van der Waals surface area (Å²) in [5.41, 5.74) is 0. The highest BCUT2D eigenvalue weighted by molar-refractivity contribution is 5.76. The molecule has 3 saturated heterocycles. The van der Waals surface area contributed by atoms with E-state index in [1.54, 1.807) is 6.08 Å². The van der Waals surface area contributed by atoms with Gasteiger partial charge in [0.25, 0.3) is 0 Å². The summed E-state index contributed by atoms with van der Waals surface area (Å²) >= 11 is 0. The SMILES string of the molecule is CC/C=C\C/C=C\C/C=C\C/C=C\C/C=C\C/C=C\C/C=C\C/C=C\C/C=C\C/C=C\CCCCC(=O)NC(COC1OC(CO)C(OC2OC(CO)C(OC3OC(CO)C(O)C(O)C3O)C(O)C2O)C(O)C1O)C(O)/C=C/CC/C=C/CC/C=C/CCCCCCCCCCCCCCCCCCCCCCCC. The second-order valence-electron chi connectivity index (χ2n) is 29.5. The summed E-state index contributed by atoms with van der Waals surface area (Å²) in [5, 5.41) is 121. The molecule has 0 saturated carbocycles. The van der Waals surface area contributed by atoms with Crippen molar-refractivity contribution in [2.75, 3.05) is 26.4 Å². The van der Waals surface area contributed by atoms with E-state index in [9.17, 15) is 61.0 Å². The van der Waals surface area contributed by atoms with Crippen LogP contribution in [0.15, 0.2) is 158 Å². The van der Waals surface area contributed by atoms with Crippen LogP contribution in [0.1, 0.15) is 277 Å². The number of unbranched alkanes of at least 4 members (excludes halogenated alkanes) is 26. The van der Waals surface area contributed by atoms with Gasteiger partial charge in [0, 0.05) is 6.42 Å². The number of amides is 1. The lowest BCUT2D eigenvalue weighted by Crippen LogP contribution is -2.66. The molecule has 0 aromatic rings. The molecule has 17 atom stereocenters. The van der Waals surface area contributed by atoms with E-state index in [0.717, 1.165) is 103 Å². The van der Waals surface area contributed by atoms with E-state index >= 15 is 0 Å². The van der Waals surface area contributed by atoms with Gasteiger partial charge >= 0.3 is 0 Å². The summed E-state index contributed by atoms with van der Waals surface area (Å²) in [7, 11) is 0. The maximum atomic E-state index is 13.5. The van der Waals surface area contributed by atoms with Crippen molar-refractivity contribution in [1.82, 2.24) is 5.32 Å². The normalized spacial score (nSPS) is 26.0. The van der Waals surface area contributed by atoms with Crippen molar-refractivity contribution < 1.29 is 89.4 Å². The number of carbonyl (C=O) groups is 1. The maximum absolute atomic E-state index is 13.5. The minimum Gasteiger partial charge on any atom is -0.394 e. The van der Waals surface area contributed by atoms with Gasteiger partial charge in [-0.2, -0.15) is 0 Å². The maximum Gasteiger partial charge on any atom is 0.220 e. The highest BCUT2D eigenvalue weighted by atomic mass is 16.8. The zero-order valence-electron chi connectivity index (χ0n) is 67.4. The van der Waals surface area contributed by atoms with E-state index in [-0.39, 0.29) is 12.3 Å². The van der Waals surface area contributed by atoms with Crippen LogP contribution in [0.2, 0.25) is 0 Å². The average Bonchev–Trinajstić information content (AvgIpc) is 0.780. The first-order valence-corrected chi connectivity index (χ1v) is 42.7. The third-order valence-corrected chi connectivity index (χ3v) is 20.0. The van der Waals surface area contributed by atoms with E-state index in [0.29, 0.717) is 12.8 Å². The Morgan fingerprint density at radius 1 is 0.336 bits per heavy atom. The van der Waals surface area contributed by atoms with Crippen LogP contribution in [-0.4, -0.2) is 193 Å². The van der Waals surface area contributed by atoms with E-state index in [4.69, 9.17) is 28.4 Å². The van der Waals surface area contributed by atoms with Crippen molar-refractivity contribution in [2.24, 2.45) is 0 Å². The molecular formula is C91H151NO18. The lowest BCUT2D eigenvalue weighted by atomic mass is 9.96. The summed E-state index contributed by atoms with van der Waals surface area (Å²) in [6.07, 6.45) is 75.3. The van der Waals surface area contributed by atoms with Gasteiger partial charge in [0.2, 0.25) is 5.91 Å². The Bertz CT molecular complexity index is 2610. The average molecular weight is 1550 g/mol. The van der Waals surface area contributed by atoms with Crippen molar-refractivity contribution in [1.29, 1.82) is 0 Å². The quantitative estimate of drug-likeness (QED) is 0.0199. The van der Waals surface area contributed by atoms with Crippen LogP contribution in [-0.2, 0) is 33.2 Å².